The van der Waals surface area contributed by atoms with E-state index >= 15 is 0 Å². The van der Waals surface area contributed by atoms with E-state index in [0.717, 1.165) is 21.0 Å². The van der Waals surface area contributed by atoms with E-state index in [9.17, 15) is 18.0 Å². The van der Waals surface area contributed by atoms with Crippen LogP contribution in [-0.4, -0.2) is 50.9 Å². The van der Waals surface area contributed by atoms with Crippen LogP contribution in [0.15, 0.2) is 77.7 Å². The van der Waals surface area contributed by atoms with Crippen LogP contribution in [0.25, 0.3) is 0 Å². The van der Waals surface area contributed by atoms with Crippen molar-refractivity contribution in [2.45, 2.75) is 59.0 Å². The van der Waals surface area contributed by atoms with Gasteiger partial charge in [-0.3, -0.25) is 13.9 Å². The van der Waals surface area contributed by atoms with Gasteiger partial charge in [-0.25, -0.2) is 8.42 Å². The number of hydrogen-bond donors (Lipinski definition) is 1. The number of aryl methyl sites for hydroxylation is 2. The van der Waals surface area contributed by atoms with E-state index in [1.807, 2.05) is 58.9 Å². The van der Waals surface area contributed by atoms with E-state index in [1.165, 1.54) is 17.0 Å². The molecular formula is C32H41N3O5S. The minimum absolute atomic E-state index is 0.0674. The fourth-order valence-corrected chi connectivity index (χ4v) is 5.70. The Labute approximate surface area is 244 Å². The first kappa shape index (κ1) is 31.7. The molecule has 8 nitrogen and oxygen atoms in total. The molecule has 0 aliphatic rings. The third kappa shape index (κ3) is 8.57. The molecule has 9 heteroatoms. The van der Waals surface area contributed by atoms with E-state index in [-0.39, 0.29) is 23.3 Å². The molecule has 0 aliphatic heterocycles. The highest BCUT2D eigenvalue weighted by atomic mass is 32.2. The summed E-state index contributed by atoms with van der Waals surface area (Å²) in [7, 11) is -4.13. The Morgan fingerprint density at radius 2 is 1.56 bits per heavy atom. The largest absolute Gasteiger partial charge is 0.494 e. The number of benzene rings is 3. The van der Waals surface area contributed by atoms with Crippen LogP contribution in [0.5, 0.6) is 5.75 Å². The van der Waals surface area contributed by atoms with E-state index in [2.05, 4.69) is 5.32 Å². The SMILES string of the molecule is CCOc1ccc(N(CC(=O)N(Cc2cccc(C)c2)C(C)C(=O)NCC(C)C)S(=O)(=O)c2ccc(C)cc2)cc1. The lowest BCUT2D eigenvalue weighted by molar-refractivity contribution is -0.139. The fourth-order valence-electron chi connectivity index (χ4n) is 4.28. The monoisotopic (exact) mass is 579 g/mol. The van der Waals surface area contributed by atoms with Gasteiger partial charge in [-0.15, -0.1) is 0 Å². The van der Waals surface area contributed by atoms with Crippen LogP contribution in [0.3, 0.4) is 0 Å². The van der Waals surface area contributed by atoms with Gasteiger partial charge >= 0.3 is 0 Å². The predicted octanol–water partition coefficient (Wildman–Crippen LogP) is 5.09. The first-order chi connectivity index (χ1) is 19.4. The van der Waals surface area contributed by atoms with Crippen molar-refractivity contribution in [1.29, 1.82) is 0 Å². The minimum atomic E-state index is -4.13. The summed E-state index contributed by atoms with van der Waals surface area (Å²) < 4.78 is 34.5. The normalized spacial score (nSPS) is 12.1. The Morgan fingerprint density at radius 3 is 2.15 bits per heavy atom. The Morgan fingerprint density at radius 1 is 0.902 bits per heavy atom. The average Bonchev–Trinajstić information content (AvgIpc) is 2.93. The number of amides is 2. The van der Waals surface area contributed by atoms with Crippen molar-refractivity contribution in [3.05, 3.63) is 89.5 Å². The first-order valence-corrected chi connectivity index (χ1v) is 15.3. The van der Waals surface area contributed by atoms with Gasteiger partial charge in [0.05, 0.1) is 17.2 Å². The molecule has 2 amide bonds. The Hall–Kier alpha value is -3.85. The molecule has 1 N–H and O–H groups in total. The van der Waals surface area contributed by atoms with Crippen LogP contribution in [0.2, 0.25) is 0 Å². The predicted molar refractivity (Wildman–Crippen MR) is 162 cm³/mol. The fraction of sp³-hybridized carbons (Fsp3) is 0.375. The van der Waals surface area contributed by atoms with E-state index in [4.69, 9.17) is 4.74 Å². The van der Waals surface area contributed by atoms with Crippen molar-refractivity contribution >= 4 is 27.5 Å². The molecule has 0 fully saturated rings. The van der Waals surface area contributed by atoms with Gasteiger partial charge in [-0.05, 0) is 75.6 Å². The highest BCUT2D eigenvalue weighted by Crippen LogP contribution is 2.27. The van der Waals surface area contributed by atoms with E-state index in [0.29, 0.717) is 24.6 Å². The molecule has 0 bridgehead atoms. The summed E-state index contributed by atoms with van der Waals surface area (Å²) in [5.41, 5.74) is 3.09. The van der Waals surface area contributed by atoms with Gasteiger partial charge in [0.2, 0.25) is 11.8 Å². The molecule has 0 radical (unpaired) electrons. The zero-order valence-electron chi connectivity index (χ0n) is 24.8. The van der Waals surface area contributed by atoms with Gasteiger partial charge in [0.25, 0.3) is 10.0 Å². The number of hydrogen-bond acceptors (Lipinski definition) is 5. The Kier molecular flexibility index (Phi) is 10.9. The Balaban J connectivity index is 2.02. The van der Waals surface area contributed by atoms with Crippen LogP contribution in [0.1, 0.15) is 44.4 Å². The van der Waals surface area contributed by atoms with Crippen LogP contribution in [0, 0.1) is 19.8 Å². The maximum absolute atomic E-state index is 14.0. The van der Waals surface area contributed by atoms with Crippen molar-refractivity contribution in [2.75, 3.05) is 24.0 Å². The number of nitrogens with zero attached hydrogens (tertiary/aromatic N) is 2. The minimum Gasteiger partial charge on any atom is -0.494 e. The third-order valence-electron chi connectivity index (χ3n) is 6.61. The third-order valence-corrected chi connectivity index (χ3v) is 8.40. The topological polar surface area (TPSA) is 96.0 Å². The van der Waals surface area contributed by atoms with Crippen molar-refractivity contribution in [3.8, 4) is 5.75 Å². The van der Waals surface area contributed by atoms with Crippen LogP contribution < -0.4 is 14.4 Å². The van der Waals surface area contributed by atoms with Gasteiger partial charge in [0.15, 0.2) is 0 Å². The molecule has 41 heavy (non-hydrogen) atoms. The lowest BCUT2D eigenvalue weighted by atomic mass is 10.1. The molecule has 3 rings (SSSR count). The maximum atomic E-state index is 14.0. The second-order valence-electron chi connectivity index (χ2n) is 10.6. The highest BCUT2D eigenvalue weighted by molar-refractivity contribution is 7.92. The summed E-state index contributed by atoms with van der Waals surface area (Å²) in [6, 6.07) is 19.9. The zero-order chi connectivity index (χ0) is 30.2. The molecule has 0 heterocycles. The molecule has 0 spiro atoms. The van der Waals surface area contributed by atoms with Crippen molar-refractivity contribution < 1.29 is 22.7 Å². The van der Waals surface area contributed by atoms with Gasteiger partial charge in [0.1, 0.15) is 18.3 Å². The van der Waals surface area contributed by atoms with Gasteiger partial charge in [-0.1, -0.05) is 61.4 Å². The molecule has 3 aromatic rings. The standard InChI is InChI=1S/C32H41N3O5S/c1-7-40-29-15-13-28(14-16-29)35(41(38,39)30-17-11-24(4)12-18-30)22-31(36)34(21-27-10-8-9-25(5)19-27)26(6)32(37)33-20-23(2)3/h8-19,23,26H,7,20-22H2,1-6H3,(H,33,37). The number of anilines is 1. The summed E-state index contributed by atoms with van der Waals surface area (Å²) in [6.07, 6.45) is 0. The maximum Gasteiger partial charge on any atom is 0.264 e. The van der Waals surface area contributed by atoms with E-state index < -0.39 is 28.5 Å². The number of ether oxygens (including phenoxy) is 1. The lowest BCUT2D eigenvalue weighted by Crippen LogP contribution is -2.51. The molecule has 220 valence electrons. The van der Waals surface area contributed by atoms with Crippen molar-refractivity contribution in [1.82, 2.24) is 10.2 Å². The quantitative estimate of drug-likeness (QED) is 0.305. The lowest BCUT2D eigenvalue weighted by Gasteiger charge is -2.32. The van der Waals surface area contributed by atoms with Crippen molar-refractivity contribution in [2.24, 2.45) is 5.92 Å². The van der Waals surface area contributed by atoms with Crippen LogP contribution in [-0.2, 0) is 26.2 Å². The zero-order valence-corrected chi connectivity index (χ0v) is 25.6. The second kappa shape index (κ2) is 14.2. The molecule has 0 aliphatic carbocycles. The first-order valence-electron chi connectivity index (χ1n) is 13.9. The summed E-state index contributed by atoms with van der Waals surface area (Å²) in [6.45, 7) is 11.9. The summed E-state index contributed by atoms with van der Waals surface area (Å²) in [4.78, 5) is 28.6. The number of rotatable bonds is 13. The summed E-state index contributed by atoms with van der Waals surface area (Å²) in [5, 5.41) is 2.90. The number of sulfonamides is 1. The number of carbonyl (C=O) groups excluding carboxylic acids is 2. The van der Waals surface area contributed by atoms with E-state index in [1.54, 1.807) is 43.3 Å². The molecule has 3 aromatic carbocycles. The number of nitrogens with one attached hydrogen (secondary N) is 1. The summed E-state index contributed by atoms with van der Waals surface area (Å²) in [5.74, 6) is 0.0330. The molecule has 0 saturated heterocycles. The average molecular weight is 580 g/mol. The molecule has 0 aromatic heterocycles. The van der Waals surface area contributed by atoms with Gasteiger partial charge < -0.3 is 15.0 Å². The smallest absolute Gasteiger partial charge is 0.264 e. The summed E-state index contributed by atoms with van der Waals surface area (Å²) >= 11 is 0. The van der Waals surface area contributed by atoms with Gasteiger partial charge in [-0.2, -0.15) is 0 Å². The molecule has 1 atom stereocenters. The highest BCUT2D eigenvalue weighted by Gasteiger charge is 2.32. The van der Waals surface area contributed by atoms with Crippen molar-refractivity contribution in [3.63, 3.8) is 0 Å². The molecule has 0 saturated carbocycles. The second-order valence-corrected chi connectivity index (χ2v) is 12.4. The number of carbonyl (C=O) groups is 2. The van der Waals surface area contributed by atoms with Crippen LogP contribution in [0.4, 0.5) is 5.69 Å². The molecular weight excluding hydrogens is 538 g/mol. The van der Waals surface area contributed by atoms with Crippen LogP contribution >= 0.6 is 0 Å². The van der Waals surface area contributed by atoms with Gasteiger partial charge in [0, 0.05) is 13.1 Å². The Bertz CT molecular complexity index is 1420. The molecule has 1 unspecified atom stereocenters.